The average molecular weight is 586 g/mol. The molecule has 2 aromatic heterocycles. The Morgan fingerprint density at radius 2 is 1.86 bits per heavy atom. The van der Waals surface area contributed by atoms with Gasteiger partial charge >= 0.3 is 0 Å². The molecule has 3 heterocycles. The molecule has 1 aliphatic carbocycles. The minimum Gasteiger partial charge on any atom is -0.505 e. The molecule has 8 nitrogen and oxygen atoms in total. The second kappa shape index (κ2) is 10.4. The number of carbonyl (C=O) groups is 1. The molecule has 2 fully saturated rings. The number of aromatic nitrogens is 3. The van der Waals surface area contributed by atoms with Crippen molar-refractivity contribution in [3.05, 3.63) is 66.0 Å². The first-order chi connectivity index (χ1) is 20.7. The van der Waals surface area contributed by atoms with E-state index in [1.165, 1.54) is 17.0 Å². The molecule has 1 amide bonds. The zero-order chi connectivity index (χ0) is 30.0. The highest BCUT2D eigenvalue weighted by Crippen LogP contribution is 2.39. The second-order valence-electron chi connectivity index (χ2n) is 11.9. The van der Waals surface area contributed by atoms with Crippen LogP contribution in [0.3, 0.4) is 0 Å². The van der Waals surface area contributed by atoms with Gasteiger partial charge in [-0.3, -0.25) is 4.79 Å². The van der Waals surface area contributed by atoms with E-state index in [1.54, 1.807) is 25.3 Å². The number of amides is 1. The fraction of sp³-hybridized carbons (Fsp3) is 0.333. The summed E-state index contributed by atoms with van der Waals surface area (Å²) in [4.78, 5) is 19.9. The number of halogens is 2. The Labute approximate surface area is 247 Å². The van der Waals surface area contributed by atoms with Crippen LogP contribution in [-0.4, -0.2) is 62.4 Å². The van der Waals surface area contributed by atoms with Crippen molar-refractivity contribution in [2.45, 2.75) is 38.0 Å². The van der Waals surface area contributed by atoms with E-state index in [2.05, 4.69) is 16.7 Å². The van der Waals surface area contributed by atoms with Crippen LogP contribution < -0.4 is 10.5 Å². The van der Waals surface area contributed by atoms with Gasteiger partial charge in [-0.15, -0.1) is 0 Å². The molecule has 7 rings (SSSR count). The minimum atomic E-state index is -1.15. The Balaban J connectivity index is 1.34. The number of aromatic hydroxyl groups is 1. The third-order valence-corrected chi connectivity index (χ3v) is 8.67. The van der Waals surface area contributed by atoms with Gasteiger partial charge in [0.15, 0.2) is 17.4 Å². The van der Waals surface area contributed by atoms with Gasteiger partial charge in [-0.2, -0.15) is 0 Å². The Morgan fingerprint density at radius 1 is 1.09 bits per heavy atom. The van der Waals surface area contributed by atoms with Gasteiger partial charge in [0.1, 0.15) is 17.4 Å². The lowest BCUT2D eigenvalue weighted by Gasteiger charge is -2.33. The number of nitrogens with two attached hydrogens (primary N) is 1. The van der Waals surface area contributed by atoms with Crippen molar-refractivity contribution in [1.29, 1.82) is 0 Å². The van der Waals surface area contributed by atoms with E-state index in [4.69, 9.17) is 15.5 Å². The number of fused-ring (bicyclic) bond motifs is 2. The van der Waals surface area contributed by atoms with Crippen molar-refractivity contribution in [2.24, 2.45) is 18.7 Å². The van der Waals surface area contributed by atoms with Gasteiger partial charge in [-0.05, 0) is 72.7 Å². The molecule has 0 spiro atoms. The minimum absolute atomic E-state index is 0.0143. The van der Waals surface area contributed by atoms with Crippen LogP contribution >= 0.6 is 0 Å². The number of carbonyl (C=O) groups excluding carboxylic acids is 1. The van der Waals surface area contributed by atoms with Crippen LogP contribution in [0.15, 0.2) is 54.6 Å². The number of phenolic OH excluding ortho intramolecular Hbond substituents is 1. The third-order valence-electron chi connectivity index (χ3n) is 8.67. The van der Waals surface area contributed by atoms with E-state index in [9.17, 15) is 18.7 Å². The predicted octanol–water partition coefficient (Wildman–Crippen LogP) is 5.64. The number of nitrogens with zero attached hydrogens (tertiary/aromatic N) is 4. The average Bonchev–Trinajstić information content (AvgIpc) is 3.66. The molecule has 0 bridgehead atoms. The number of hydrogen-bond acceptors (Lipinski definition) is 5. The van der Waals surface area contributed by atoms with E-state index >= 15 is 0 Å². The molecule has 2 atom stereocenters. The highest BCUT2D eigenvalue weighted by molar-refractivity contribution is 6.00. The molecular formula is C33H33F2N5O3. The summed E-state index contributed by atoms with van der Waals surface area (Å²) < 4.78 is 38.4. The number of alkyl halides is 1. The van der Waals surface area contributed by atoms with Crippen molar-refractivity contribution >= 4 is 27.8 Å². The topological polar surface area (TPSA) is 98.5 Å². The van der Waals surface area contributed by atoms with Gasteiger partial charge in [0.25, 0.3) is 5.91 Å². The molecule has 1 saturated carbocycles. The molecule has 1 aliphatic heterocycles. The zero-order valence-electron chi connectivity index (χ0n) is 24.1. The second-order valence-corrected chi connectivity index (χ2v) is 11.9. The van der Waals surface area contributed by atoms with E-state index in [0.717, 1.165) is 52.9 Å². The zero-order valence-corrected chi connectivity index (χ0v) is 24.1. The van der Waals surface area contributed by atoms with E-state index in [0.29, 0.717) is 34.9 Å². The highest BCUT2D eigenvalue weighted by atomic mass is 19.1. The number of aryl methyl sites for hydroxylation is 1. The Morgan fingerprint density at radius 3 is 2.58 bits per heavy atom. The Hall–Kier alpha value is -4.44. The summed E-state index contributed by atoms with van der Waals surface area (Å²) in [5.74, 6) is 0.444. The molecule has 3 N–H and O–H groups in total. The van der Waals surface area contributed by atoms with Gasteiger partial charge in [0.05, 0.1) is 24.9 Å². The van der Waals surface area contributed by atoms with Gasteiger partial charge in [0, 0.05) is 42.6 Å². The highest BCUT2D eigenvalue weighted by Gasteiger charge is 2.30. The van der Waals surface area contributed by atoms with Crippen LogP contribution in [-0.2, 0) is 13.6 Å². The fourth-order valence-corrected chi connectivity index (χ4v) is 6.30. The first-order valence-corrected chi connectivity index (χ1v) is 14.6. The standard InChI is InChI=1S/C33H33F2N5O3/c1-38-31-26(10-22(13-30(31)43-2)33(42)39-16-23(34)14-24(36)17-39)37-32(38)28-12-21-6-5-20(19-7-8-29(41)25(35)9-19)11-27(21)40(28)15-18-3-4-18/h5-13,18,23-24,41H,3-4,14-17,36H2,1-2H3/t23-,24-/m1/s1. The molecule has 10 heteroatoms. The number of methoxy groups -OCH3 is 1. The molecule has 5 aromatic rings. The number of piperidine rings is 1. The van der Waals surface area contributed by atoms with Gasteiger partial charge < -0.3 is 29.6 Å². The SMILES string of the molecule is COc1cc(C(=O)N2C[C@H](N)C[C@@H](F)C2)cc2nc(-c3cc4ccc(-c5ccc(O)c(F)c5)cc4n3CC3CC3)n(C)c12. The number of phenols is 1. The molecule has 3 aromatic carbocycles. The van der Waals surface area contributed by atoms with Crippen molar-refractivity contribution in [3.8, 4) is 34.1 Å². The Kier molecular flexibility index (Phi) is 6.61. The molecule has 43 heavy (non-hydrogen) atoms. The number of likely N-dealkylation sites (tertiary alicyclic amines) is 1. The first-order valence-electron chi connectivity index (χ1n) is 14.6. The van der Waals surface area contributed by atoms with Crippen LogP contribution in [0.1, 0.15) is 29.6 Å². The molecule has 222 valence electrons. The summed E-state index contributed by atoms with van der Waals surface area (Å²) in [5, 5.41) is 10.7. The molecule has 0 unspecified atom stereocenters. The van der Waals surface area contributed by atoms with Crippen molar-refractivity contribution in [3.63, 3.8) is 0 Å². The smallest absolute Gasteiger partial charge is 0.254 e. The Bertz CT molecular complexity index is 1880. The normalized spacial score (nSPS) is 19.0. The van der Waals surface area contributed by atoms with Crippen molar-refractivity contribution in [2.75, 3.05) is 20.2 Å². The maximum Gasteiger partial charge on any atom is 0.254 e. The molecule has 1 saturated heterocycles. The predicted molar refractivity (Wildman–Crippen MR) is 161 cm³/mol. The number of benzene rings is 3. The quantitative estimate of drug-likeness (QED) is 0.269. The maximum absolute atomic E-state index is 14.2. The van der Waals surface area contributed by atoms with Gasteiger partial charge in [-0.25, -0.2) is 13.8 Å². The van der Waals surface area contributed by atoms with Crippen LogP contribution in [0.25, 0.3) is 44.6 Å². The summed E-state index contributed by atoms with van der Waals surface area (Å²) in [6.45, 7) is 1.13. The number of imidazole rings is 1. The number of ether oxygens (including phenoxy) is 1. The van der Waals surface area contributed by atoms with Crippen LogP contribution in [0.4, 0.5) is 8.78 Å². The van der Waals surface area contributed by atoms with Crippen LogP contribution in [0.2, 0.25) is 0 Å². The third kappa shape index (κ3) is 4.89. The number of rotatable bonds is 6. The van der Waals surface area contributed by atoms with E-state index in [1.807, 2.05) is 23.7 Å². The monoisotopic (exact) mass is 585 g/mol. The molecule has 2 aliphatic rings. The lowest BCUT2D eigenvalue weighted by Crippen LogP contribution is -2.50. The lowest BCUT2D eigenvalue weighted by molar-refractivity contribution is 0.0606. The summed E-state index contributed by atoms with van der Waals surface area (Å²) in [5.41, 5.74) is 11.2. The van der Waals surface area contributed by atoms with Gasteiger partial charge in [0.2, 0.25) is 0 Å². The van der Waals surface area contributed by atoms with Gasteiger partial charge in [-0.1, -0.05) is 18.2 Å². The van der Waals surface area contributed by atoms with E-state index < -0.39 is 18.0 Å². The fourth-order valence-electron chi connectivity index (χ4n) is 6.30. The summed E-state index contributed by atoms with van der Waals surface area (Å²) >= 11 is 0. The molecule has 0 radical (unpaired) electrons. The lowest BCUT2D eigenvalue weighted by atomic mass is 10.0. The van der Waals surface area contributed by atoms with E-state index in [-0.39, 0.29) is 24.6 Å². The number of hydrogen-bond donors (Lipinski definition) is 2. The maximum atomic E-state index is 14.2. The summed E-state index contributed by atoms with van der Waals surface area (Å²) in [6.07, 6.45) is 1.41. The summed E-state index contributed by atoms with van der Waals surface area (Å²) in [7, 11) is 3.48. The molecular weight excluding hydrogens is 552 g/mol. The van der Waals surface area contributed by atoms with Crippen LogP contribution in [0.5, 0.6) is 11.5 Å². The largest absolute Gasteiger partial charge is 0.505 e. The van der Waals surface area contributed by atoms with Crippen molar-refractivity contribution < 1.29 is 23.4 Å². The van der Waals surface area contributed by atoms with Crippen LogP contribution in [0, 0.1) is 11.7 Å². The van der Waals surface area contributed by atoms with Crippen molar-refractivity contribution in [1.82, 2.24) is 19.0 Å². The summed E-state index contributed by atoms with van der Waals surface area (Å²) in [6, 6.07) is 15.6. The first kappa shape index (κ1) is 27.4.